The molecular weight excluding hydrogens is 637 g/mol. The lowest BCUT2D eigenvalue weighted by atomic mass is 10.0. The summed E-state index contributed by atoms with van der Waals surface area (Å²) in [6, 6.07) is 66.7. The van der Waals surface area contributed by atoms with Gasteiger partial charge in [-0.1, -0.05) is 121 Å². The highest BCUT2D eigenvalue weighted by molar-refractivity contribution is 7.25. The van der Waals surface area contributed by atoms with Crippen LogP contribution in [0.25, 0.3) is 97.4 Å². The monoisotopic (exact) mass is 666 g/mol. The molecule has 0 unspecified atom stereocenters. The molecule has 238 valence electrons. The molecule has 2 nitrogen and oxygen atoms in total. The zero-order valence-electron chi connectivity index (χ0n) is 27.6. The van der Waals surface area contributed by atoms with E-state index in [9.17, 15) is 0 Å². The standard InChI is InChI=1S/C48H30N2S/c1-2-12-31(13-3-1)32-14-10-16-35(26-32)49-43-21-7-4-18-37(43)41-29-42-38-19-5-8-22-44(38)50(46(42)30-45(41)49)36-17-11-15-33(27-36)34-24-25-40-39-20-6-9-23-47(39)51-48(40)28-34/h1-30H. The van der Waals surface area contributed by atoms with Gasteiger partial charge >= 0.3 is 0 Å². The summed E-state index contributed by atoms with van der Waals surface area (Å²) in [7, 11) is 0. The molecule has 3 aromatic heterocycles. The quantitative estimate of drug-likeness (QED) is 0.177. The molecule has 0 atom stereocenters. The Morgan fingerprint density at radius 2 is 0.784 bits per heavy atom. The summed E-state index contributed by atoms with van der Waals surface area (Å²) in [5.41, 5.74) is 12.0. The summed E-state index contributed by atoms with van der Waals surface area (Å²) in [6.07, 6.45) is 0. The van der Waals surface area contributed by atoms with Crippen LogP contribution in [0.3, 0.4) is 0 Å². The molecular formula is C48H30N2S. The first kappa shape index (κ1) is 28.4. The van der Waals surface area contributed by atoms with Crippen molar-refractivity contribution in [1.82, 2.24) is 9.13 Å². The molecule has 0 aliphatic carbocycles. The topological polar surface area (TPSA) is 9.86 Å². The zero-order valence-corrected chi connectivity index (χ0v) is 28.4. The smallest absolute Gasteiger partial charge is 0.0562 e. The number of benzene rings is 8. The maximum atomic E-state index is 2.45. The minimum Gasteiger partial charge on any atom is -0.309 e. The van der Waals surface area contributed by atoms with Crippen LogP contribution in [0.5, 0.6) is 0 Å². The van der Waals surface area contributed by atoms with Crippen molar-refractivity contribution < 1.29 is 0 Å². The van der Waals surface area contributed by atoms with E-state index in [0.29, 0.717) is 0 Å². The van der Waals surface area contributed by atoms with Gasteiger partial charge in [0.1, 0.15) is 0 Å². The number of para-hydroxylation sites is 2. The number of hydrogen-bond donors (Lipinski definition) is 0. The van der Waals surface area contributed by atoms with Gasteiger partial charge in [-0.05, 0) is 82.9 Å². The average molecular weight is 667 g/mol. The van der Waals surface area contributed by atoms with Crippen LogP contribution in [-0.4, -0.2) is 9.13 Å². The molecule has 0 N–H and O–H groups in total. The van der Waals surface area contributed by atoms with Gasteiger partial charge in [0.15, 0.2) is 0 Å². The minimum absolute atomic E-state index is 1.16. The van der Waals surface area contributed by atoms with E-state index in [-0.39, 0.29) is 0 Å². The predicted octanol–water partition coefficient (Wildman–Crippen LogP) is 13.6. The molecule has 0 aliphatic rings. The molecule has 0 fully saturated rings. The molecule has 51 heavy (non-hydrogen) atoms. The third-order valence-electron chi connectivity index (χ3n) is 10.5. The third kappa shape index (κ3) is 4.35. The fourth-order valence-electron chi connectivity index (χ4n) is 8.17. The predicted molar refractivity (Wildman–Crippen MR) is 219 cm³/mol. The van der Waals surface area contributed by atoms with Crippen molar-refractivity contribution >= 4 is 75.1 Å². The van der Waals surface area contributed by atoms with E-state index < -0.39 is 0 Å². The molecule has 0 spiro atoms. The molecule has 8 aromatic carbocycles. The molecule has 3 heteroatoms. The van der Waals surface area contributed by atoms with Crippen molar-refractivity contribution in [2.45, 2.75) is 0 Å². The first-order valence-corrected chi connectivity index (χ1v) is 18.2. The second kappa shape index (κ2) is 11.0. The highest BCUT2D eigenvalue weighted by atomic mass is 32.1. The van der Waals surface area contributed by atoms with E-state index in [2.05, 4.69) is 191 Å². The first-order valence-electron chi connectivity index (χ1n) is 17.4. The maximum absolute atomic E-state index is 2.45. The molecule has 11 rings (SSSR count). The minimum atomic E-state index is 1.16. The van der Waals surface area contributed by atoms with Gasteiger partial charge in [-0.25, -0.2) is 0 Å². The van der Waals surface area contributed by atoms with Crippen LogP contribution in [0.1, 0.15) is 0 Å². The van der Waals surface area contributed by atoms with E-state index in [1.54, 1.807) is 0 Å². The van der Waals surface area contributed by atoms with Gasteiger partial charge in [0.2, 0.25) is 0 Å². The maximum Gasteiger partial charge on any atom is 0.0562 e. The molecule has 0 radical (unpaired) electrons. The summed E-state index contributed by atoms with van der Waals surface area (Å²) in [5, 5.41) is 7.70. The second-order valence-electron chi connectivity index (χ2n) is 13.4. The van der Waals surface area contributed by atoms with Crippen LogP contribution in [0, 0.1) is 0 Å². The van der Waals surface area contributed by atoms with Gasteiger partial charge in [-0.15, -0.1) is 11.3 Å². The van der Waals surface area contributed by atoms with E-state index in [1.165, 1.54) is 86.0 Å². The van der Waals surface area contributed by atoms with Crippen LogP contribution in [0.15, 0.2) is 182 Å². The fraction of sp³-hybridized carbons (Fsp3) is 0. The van der Waals surface area contributed by atoms with Crippen molar-refractivity contribution in [3.63, 3.8) is 0 Å². The zero-order chi connectivity index (χ0) is 33.5. The Kier molecular flexibility index (Phi) is 6.16. The highest BCUT2D eigenvalue weighted by Gasteiger charge is 2.19. The molecule has 0 bridgehead atoms. The lowest BCUT2D eigenvalue weighted by Crippen LogP contribution is -1.96. The van der Waals surface area contributed by atoms with Crippen LogP contribution < -0.4 is 0 Å². The van der Waals surface area contributed by atoms with Gasteiger partial charge in [0, 0.05) is 53.1 Å². The van der Waals surface area contributed by atoms with Gasteiger partial charge in [-0.2, -0.15) is 0 Å². The Bertz CT molecular complexity index is 3140. The third-order valence-corrected chi connectivity index (χ3v) is 11.6. The van der Waals surface area contributed by atoms with Gasteiger partial charge in [0.05, 0.1) is 22.1 Å². The fourth-order valence-corrected chi connectivity index (χ4v) is 9.32. The normalized spacial score (nSPS) is 11.9. The van der Waals surface area contributed by atoms with Crippen molar-refractivity contribution in [3.05, 3.63) is 182 Å². The Morgan fingerprint density at radius 3 is 1.45 bits per heavy atom. The molecule has 0 saturated carbocycles. The summed E-state index contributed by atoms with van der Waals surface area (Å²) >= 11 is 1.87. The Balaban J connectivity index is 1.15. The number of rotatable bonds is 4. The van der Waals surface area contributed by atoms with E-state index >= 15 is 0 Å². The van der Waals surface area contributed by atoms with Crippen LogP contribution in [0.2, 0.25) is 0 Å². The van der Waals surface area contributed by atoms with Gasteiger partial charge < -0.3 is 9.13 Å². The average Bonchev–Trinajstić information content (AvgIpc) is 3.84. The van der Waals surface area contributed by atoms with Crippen LogP contribution in [0.4, 0.5) is 0 Å². The largest absolute Gasteiger partial charge is 0.309 e. The Labute approximate surface area is 298 Å². The molecule has 0 aliphatic heterocycles. The summed E-state index contributed by atoms with van der Waals surface area (Å²) in [5.74, 6) is 0. The van der Waals surface area contributed by atoms with Gasteiger partial charge in [0.25, 0.3) is 0 Å². The Morgan fingerprint density at radius 1 is 0.275 bits per heavy atom. The van der Waals surface area contributed by atoms with E-state index in [0.717, 1.165) is 11.4 Å². The number of hydrogen-bond acceptors (Lipinski definition) is 1. The van der Waals surface area contributed by atoms with Crippen molar-refractivity contribution in [2.75, 3.05) is 0 Å². The van der Waals surface area contributed by atoms with E-state index in [4.69, 9.17) is 0 Å². The van der Waals surface area contributed by atoms with Crippen LogP contribution >= 0.6 is 11.3 Å². The van der Waals surface area contributed by atoms with Gasteiger partial charge in [-0.3, -0.25) is 0 Å². The van der Waals surface area contributed by atoms with Crippen molar-refractivity contribution in [2.24, 2.45) is 0 Å². The summed E-state index contributed by atoms with van der Waals surface area (Å²) < 4.78 is 7.55. The Hall–Kier alpha value is -6.42. The molecule has 3 heterocycles. The lowest BCUT2D eigenvalue weighted by molar-refractivity contribution is 1.16. The molecule has 11 aromatic rings. The number of thiophene rings is 1. The molecule has 0 amide bonds. The first-order chi connectivity index (χ1) is 25.3. The summed E-state index contributed by atoms with van der Waals surface area (Å²) in [6.45, 7) is 0. The number of nitrogens with zero attached hydrogens (tertiary/aromatic N) is 2. The highest BCUT2D eigenvalue weighted by Crippen LogP contribution is 2.41. The van der Waals surface area contributed by atoms with Crippen LogP contribution in [-0.2, 0) is 0 Å². The SMILES string of the molecule is c1ccc(-c2cccc(-n3c4ccccc4c4cc5c6ccccc6n(-c6cccc(-c7ccc8c(c7)sc7ccccc78)c6)c5cc43)c2)cc1. The van der Waals surface area contributed by atoms with Crippen molar-refractivity contribution in [3.8, 4) is 33.6 Å². The number of aromatic nitrogens is 2. The number of fused-ring (bicyclic) bond motifs is 9. The van der Waals surface area contributed by atoms with Crippen molar-refractivity contribution in [1.29, 1.82) is 0 Å². The molecule has 0 saturated heterocycles. The lowest BCUT2D eigenvalue weighted by Gasteiger charge is -2.12. The van der Waals surface area contributed by atoms with E-state index in [1.807, 2.05) is 11.3 Å². The second-order valence-corrected chi connectivity index (χ2v) is 14.5. The summed E-state index contributed by atoms with van der Waals surface area (Å²) in [4.78, 5) is 0.